The molecule has 0 N–H and O–H groups in total. The molecule has 1 unspecified atom stereocenters. The highest BCUT2D eigenvalue weighted by Crippen LogP contribution is 2.38. The van der Waals surface area contributed by atoms with Crippen molar-refractivity contribution in [2.45, 2.75) is 37.6 Å². The summed E-state index contributed by atoms with van der Waals surface area (Å²) >= 11 is 3.01. The van der Waals surface area contributed by atoms with Gasteiger partial charge in [-0.3, -0.25) is 4.90 Å². The number of nitrogens with zero attached hydrogens (tertiary/aromatic N) is 3. The average Bonchev–Trinajstić information content (AvgIpc) is 2.47. The second kappa shape index (κ2) is 7.82. The number of halogens is 1. The molecule has 1 amide bonds. The van der Waals surface area contributed by atoms with Crippen molar-refractivity contribution >= 4 is 27.7 Å². The topological polar surface area (TPSA) is 77.1 Å². The van der Waals surface area contributed by atoms with Crippen LogP contribution in [0.1, 0.15) is 32.8 Å². The van der Waals surface area contributed by atoms with Crippen molar-refractivity contribution in [1.29, 1.82) is 10.5 Å². The molecule has 1 atom stereocenters. The molecule has 116 valence electrons. The molecule has 5 nitrogen and oxygen atoms in total. The lowest BCUT2D eigenvalue weighted by molar-refractivity contribution is 0.0351. The van der Waals surface area contributed by atoms with Gasteiger partial charge in [-0.25, -0.2) is 4.79 Å². The fraction of sp³-hybridized carbons (Fsp3) is 0.438. The number of fused-ring (bicyclic) bond motifs is 1. The van der Waals surface area contributed by atoms with Gasteiger partial charge in [0.25, 0.3) is 0 Å². The normalized spacial score (nSPS) is 16.1. The van der Waals surface area contributed by atoms with Crippen molar-refractivity contribution in [3.05, 3.63) is 29.8 Å². The Balaban J connectivity index is 0.000000422. The first kappa shape index (κ1) is 18.0. The molecule has 0 saturated carbocycles. The number of anilines is 1. The van der Waals surface area contributed by atoms with Crippen LogP contribution in [0.4, 0.5) is 10.5 Å². The van der Waals surface area contributed by atoms with Crippen LogP contribution < -0.4 is 4.90 Å². The van der Waals surface area contributed by atoms with Gasteiger partial charge in [-0.05, 0) is 26.8 Å². The molecule has 1 aliphatic rings. The monoisotopic (exact) mass is 363 g/mol. The standard InChI is InChI=1S/C13H14N2O2.C3H4BrN/c1-13(2)10-6-3-4-7-11(10)15(9-5-8-14)12(16)17-13;1-3(4)2-5/h3-4,6-7H,5,9H2,1-2H3;3H,1H3. The smallest absolute Gasteiger partial charge is 0.415 e. The number of amides is 1. The molecule has 0 radical (unpaired) electrons. The van der Waals surface area contributed by atoms with Crippen LogP contribution in [0.15, 0.2) is 24.3 Å². The third-order valence-electron chi connectivity index (χ3n) is 3.03. The number of nitriles is 2. The number of rotatable bonds is 2. The second-order valence-electron chi connectivity index (χ2n) is 5.20. The Hall–Kier alpha value is -2.05. The van der Waals surface area contributed by atoms with Crippen molar-refractivity contribution < 1.29 is 9.53 Å². The van der Waals surface area contributed by atoms with E-state index < -0.39 is 5.60 Å². The van der Waals surface area contributed by atoms with Crippen molar-refractivity contribution in [2.75, 3.05) is 11.4 Å². The molecule has 0 aliphatic carbocycles. The highest BCUT2D eigenvalue weighted by atomic mass is 79.9. The molecule has 6 heteroatoms. The summed E-state index contributed by atoms with van der Waals surface area (Å²) in [4.78, 5) is 13.4. The van der Waals surface area contributed by atoms with Crippen LogP contribution in [0.2, 0.25) is 0 Å². The van der Waals surface area contributed by atoms with Crippen LogP contribution >= 0.6 is 15.9 Å². The number of carbonyl (C=O) groups is 1. The fourth-order valence-electron chi connectivity index (χ4n) is 2.02. The van der Waals surface area contributed by atoms with E-state index in [2.05, 4.69) is 15.9 Å². The minimum atomic E-state index is -0.614. The third-order valence-corrected chi connectivity index (χ3v) is 3.24. The van der Waals surface area contributed by atoms with Crippen LogP contribution in [0.25, 0.3) is 0 Å². The number of hydrogen-bond donors (Lipinski definition) is 0. The minimum absolute atomic E-state index is 0.00231. The molecule has 1 aromatic carbocycles. The third kappa shape index (κ3) is 4.47. The zero-order valence-electron chi connectivity index (χ0n) is 12.8. The number of para-hydroxylation sites is 1. The predicted molar refractivity (Wildman–Crippen MR) is 87.5 cm³/mol. The zero-order valence-corrected chi connectivity index (χ0v) is 14.4. The summed E-state index contributed by atoms with van der Waals surface area (Å²) in [5, 5.41) is 16.5. The van der Waals surface area contributed by atoms with E-state index in [-0.39, 0.29) is 10.9 Å². The van der Waals surface area contributed by atoms with Gasteiger partial charge in [0, 0.05) is 12.1 Å². The Morgan fingerprint density at radius 1 is 1.36 bits per heavy atom. The molecule has 1 aromatic rings. The SMILES string of the molecule is CC(Br)C#N.CC1(C)OC(=O)N(CCC#N)c2ccccc21. The summed E-state index contributed by atoms with van der Waals surface area (Å²) in [7, 11) is 0. The molecule has 0 aromatic heterocycles. The van der Waals surface area contributed by atoms with Gasteiger partial charge in [0.15, 0.2) is 0 Å². The predicted octanol–water partition coefficient (Wildman–Crippen LogP) is 4.09. The van der Waals surface area contributed by atoms with E-state index in [1.54, 1.807) is 6.92 Å². The van der Waals surface area contributed by atoms with E-state index >= 15 is 0 Å². The Kier molecular flexibility index (Phi) is 6.39. The van der Waals surface area contributed by atoms with E-state index in [4.69, 9.17) is 15.3 Å². The number of ether oxygens (including phenoxy) is 1. The van der Waals surface area contributed by atoms with Gasteiger partial charge in [0.1, 0.15) is 5.60 Å². The van der Waals surface area contributed by atoms with Crippen molar-refractivity contribution in [3.8, 4) is 12.1 Å². The van der Waals surface area contributed by atoms with Crippen LogP contribution in [0.3, 0.4) is 0 Å². The number of cyclic esters (lactones) is 1. The molecule has 22 heavy (non-hydrogen) atoms. The molecule has 0 fully saturated rings. The van der Waals surface area contributed by atoms with Crippen LogP contribution in [0, 0.1) is 22.7 Å². The molecular weight excluding hydrogens is 346 g/mol. The Bertz CT molecular complexity index is 615. The van der Waals surface area contributed by atoms with Gasteiger partial charge in [-0.15, -0.1) is 0 Å². The Morgan fingerprint density at radius 3 is 2.50 bits per heavy atom. The van der Waals surface area contributed by atoms with Crippen LogP contribution in [-0.4, -0.2) is 17.5 Å². The Morgan fingerprint density at radius 2 is 1.95 bits per heavy atom. The molecule has 0 spiro atoms. The second-order valence-corrected chi connectivity index (χ2v) is 6.57. The molecule has 0 bridgehead atoms. The average molecular weight is 364 g/mol. The summed E-state index contributed by atoms with van der Waals surface area (Å²) in [5.41, 5.74) is 1.19. The van der Waals surface area contributed by atoms with E-state index in [1.165, 1.54) is 4.90 Å². The maximum absolute atomic E-state index is 11.9. The van der Waals surface area contributed by atoms with Crippen molar-refractivity contribution in [3.63, 3.8) is 0 Å². The lowest BCUT2D eigenvalue weighted by Gasteiger charge is -2.38. The van der Waals surface area contributed by atoms with E-state index in [1.807, 2.05) is 50.3 Å². The summed E-state index contributed by atoms with van der Waals surface area (Å²) in [6.45, 7) is 5.87. The van der Waals surface area contributed by atoms with Gasteiger partial charge in [-0.1, -0.05) is 34.1 Å². The minimum Gasteiger partial charge on any atom is -0.438 e. The summed E-state index contributed by atoms with van der Waals surface area (Å²) < 4.78 is 5.39. The van der Waals surface area contributed by atoms with Crippen molar-refractivity contribution in [1.82, 2.24) is 0 Å². The van der Waals surface area contributed by atoms with Gasteiger partial charge < -0.3 is 4.74 Å². The molecule has 1 aliphatic heterocycles. The first-order chi connectivity index (χ1) is 10.3. The van der Waals surface area contributed by atoms with Crippen LogP contribution in [-0.2, 0) is 10.3 Å². The lowest BCUT2D eigenvalue weighted by Crippen LogP contribution is -2.43. The molecule has 0 saturated heterocycles. The summed E-state index contributed by atoms with van der Waals surface area (Å²) in [6.07, 6.45) is -0.0897. The number of alkyl halides is 1. The molecular formula is C16H18BrN3O2. The van der Waals surface area contributed by atoms with Gasteiger partial charge in [-0.2, -0.15) is 10.5 Å². The summed E-state index contributed by atoms with van der Waals surface area (Å²) in [5.74, 6) is 0. The largest absolute Gasteiger partial charge is 0.438 e. The number of benzene rings is 1. The lowest BCUT2D eigenvalue weighted by atomic mass is 9.94. The maximum Gasteiger partial charge on any atom is 0.415 e. The van der Waals surface area contributed by atoms with Gasteiger partial charge in [0.05, 0.1) is 29.1 Å². The van der Waals surface area contributed by atoms with Crippen molar-refractivity contribution in [2.24, 2.45) is 0 Å². The van der Waals surface area contributed by atoms with E-state index in [0.717, 1.165) is 11.3 Å². The Labute approximate surface area is 139 Å². The van der Waals surface area contributed by atoms with Gasteiger partial charge >= 0.3 is 6.09 Å². The van der Waals surface area contributed by atoms with E-state index in [0.29, 0.717) is 13.0 Å². The first-order valence-electron chi connectivity index (χ1n) is 6.84. The number of hydrogen-bond acceptors (Lipinski definition) is 4. The van der Waals surface area contributed by atoms with E-state index in [9.17, 15) is 4.79 Å². The first-order valence-corrected chi connectivity index (χ1v) is 7.75. The quantitative estimate of drug-likeness (QED) is 0.741. The van der Waals surface area contributed by atoms with Gasteiger partial charge in [0.2, 0.25) is 0 Å². The molecule has 1 heterocycles. The highest BCUT2D eigenvalue weighted by molar-refractivity contribution is 9.09. The highest BCUT2D eigenvalue weighted by Gasteiger charge is 2.37. The maximum atomic E-state index is 11.9. The fourth-order valence-corrected chi connectivity index (χ4v) is 2.02. The molecule has 2 rings (SSSR count). The summed E-state index contributed by atoms with van der Waals surface area (Å²) in [6, 6.07) is 11.6. The number of carbonyl (C=O) groups excluding carboxylic acids is 1. The van der Waals surface area contributed by atoms with Crippen LogP contribution in [0.5, 0.6) is 0 Å². The zero-order chi connectivity index (χ0) is 16.8.